The summed E-state index contributed by atoms with van der Waals surface area (Å²) in [6, 6.07) is 5.95. The van der Waals surface area contributed by atoms with Crippen LogP contribution in [0.25, 0.3) is 0 Å². The third-order valence-corrected chi connectivity index (χ3v) is 2.63. The lowest BCUT2D eigenvalue weighted by Crippen LogP contribution is -2.05. The van der Waals surface area contributed by atoms with Crippen LogP contribution in [0.15, 0.2) is 24.3 Å². The molecule has 2 rings (SSSR count). The number of benzene rings is 1. The second-order valence-electron chi connectivity index (χ2n) is 4.39. The largest absolute Gasteiger partial charge is 0.438 e. The molecule has 0 spiro atoms. The van der Waals surface area contributed by atoms with Crippen LogP contribution in [0.5, 0.6) is 11.6 Å². The predicted octanol–water partition coefficient (Wildman–Crippen LogP) is 3.12. The van der Waals surface area contributed by atoms with Crippen LogP contribution in [-0.2, 0) is 0 Å². The fourth-order valence-electron chi connectivity index (χ4n) is 1.68. The van der Waals surface area contributed by atoms with Crippen molar-refractivity contribution in [2.45, 2.75) is 20.3 Å². The van der Waals surface area contributed by atoms with Crippen molar-refractivity contribution in [3.63, 3.8) is 0 Å². The summed E-state index contributed by atoms with van der Waals surface area (Å²) in [6.07, 6.45) is 0.969. The minimum atomic E-state index is -0.303. The molecule has 0 fully saturated rings. The van der Waals surface area contributed by atoms with Crippen molar-refractivity contribution in [2.75, 3.05) is 17.6 Å². The van der Waals surface area contributed by atoms with E-state index in [-0.39, 0.29) is 11.8 Å². The maximum Gasteiger partial charge on any atom is 0.226 e. The van der Waals surface area contributed by atoms with Crippen LogP contribution in [0.4, 0.5) is 16.2 Å². The number of hydrogen-bond donors (Lipinski definition) is 2. The van der Waals surface area contributed by atoms with Gasteiger partial charge >= 0.3 is 0 Å². The summed E-state index contributed by atoms with van der Waals surface area (Å²) in [6.45, 7) is 4.60. The van der Waals surface area contributed by atoms with Gasteiger partial charge in [0, 0.05) is 12.6 Å². The van der Waals surface area contributed by atoms with E-state index in [1.165, 1.54) is 12.1 Å². The van der Waals surface area contributed by atoms with Gasteiger partial charge in [0.05, 0.1) is 0 Å². The average molecular weight is 276 g/mol. The molecule has 20 heavy (non-hydrogen) atoms. The van der Waals surface area contributed by atoms with Crippen molar-refractivity contribution < 1.29 is 9.13 Å². The Hall–Kier alpha value is -2.37. The normalized spacial score (nSPS) is 10.3. The topological polar surface area (TPSA) is 73.1 Å². The number of nitrogens with one attached hydrogen (secondary N) is 1. The number of aryl methyl sites for hydroxylation is 1. The Labute approximate surface area is 117 Å². The summed E-state index contributed by atoms with van der Waals surface area (Å²) in [5, 5.41) is 3.11. The quantitative estimate of drug-likeness (QED) is 0.877. The molecule has 1 aromatic heterocycles. The molecule has 0 unspecified atom stereocenters. The number of halogens is 1. The van der Waals surface area contributed by atoms with Crippen LogP contribution >= 0.6 is 0 Å². The van der Waals surface area contributed by atoms with E-state index in [4.69, 9.17) is 10.5 Å². The molecule has 1 heterocycles. The Balaban J connectivity index is 2.21. The van der Waals surface area contributed by atoms with Crippen molar-refractivity contribution >= 4 is 11.8 Å². The average Bonchev–Trinajstić information content (AvgIpc) is 2.39. The van der Waals surface area contributed by atoms with Gasteiger partial charge in [0.25, 0.3) is 0 Å². The summed E-state index contributed by atoms with van der Waals surface area (Å²) in [5.74, 6) is 1.29. The summed E-state index contributed by atoms with van der Waals surface area (Å²) in [7, 11) is 0. The number of rotatable bonds is 5. The molecule has 0 saturated heterocycles. The number of nitrogen functional groups attached to an aromatic ring is 1. The maximum atomic E-state index is 13.0. The zero-order valence-electron chi connectivity index (χ0n) is 11.5. The van der Waals surface area contributed by atoms with Crippen LogP contribution in [0, 0.1) is 12.7 Å². The van der Waals surface area contributed by atoms with Gasteiger partial charge in [-0.3, -0.25) is 0 Å². The molecule has 2 aromatic rings. The number of aromatic nitrogens is 2. The predicted molar refractivity (Wildman–Crippen MR) is 76.4 cm³/mol. The lowest BCUT2D eigenvalue weighted by Gasteiger charge is -2.10. The number of ether oxygens (including phenoxy) is 1. The van der Waals surface area contributed by atoms with E-state index in [2.05, 4.69) is 22.2 Å². The van der Waals surface area contributed by atoms with Gasteiger partial charge in [-0.25, -0.2) is 4.39 Å². The lowest BCUT2D eigenvalue weighted by molar-refractivity contribution is 0.457. The molecular formula is C14H17FN4O. The molecule has 3 N–H and O–H groups in total. The molecule has 0 aliphatic heterocycles. The van der Waals surface area contributed by atoms with Crippen molar-refractivity contribution in [3.05, 3.63) is 35.6 Å². The summed E-state index contributed by atoms with van der Waals surface area (Å²) < 4.78 is 18.7. The van der Waals surface area contributed by atoms with E-state index in [9.17, 15) is 4.39 Å². The van der Waals surface area contributed by atoms with Crippen molar-refractivity contribution in [1.82, 2.24) is 9.97 Å². The van der Waals surface area contributed by atoms with Gasteiger partial charge in [-0.05, 0) is 37.1 Å². The zero-order chi connectivity index (χ0) is 14.5. The van der Waals surface area contributed by atoms with Gasteiger partial charge in [0.1, 0.15) is 17.4 Å². The van der Waals surface area contributed by atoms with E-state index in [0.29, 0.717) is 23.0 Å². The SMILES string of the molecule is CCCNc1cc(Oc2ccc(F)cc2C)nc(N)n1. The molecule has 1 aromatic carbocycles. The molecule has 106 valence electrons. The highest BCUT2D eigenvalue weighted by Gasteiger charge is 2.07. The van der Waals surface area contributed by atoms with E-state index < -0.39 is 0 Å². The van der Waals surface area contributed by atoms with Crippen LogP contribution < -0.4 is 15.8 Å². The van der Waals surface area contributed by atoms with Crippen molar-refractivity contribution in [3.8, 4) is 11.6 Å². The minimum absolute atomic E-state index is 0.126. The first-order valence-electron chi connectivity index (χ1n) is 6.41. The minimum Gasteiger partial charge on any atom is -0.438 e. The van der Waals surface area contributed by atoms with Gasteiger partial charge in [-0.15, -0.1) is 0 Å². The van der Waals surface area contributed by atoms with Crippen molar-refractivity contribution in [2.24, 2.45) is 0 Å². The lowest BCUT2D eigenvalue weighted by atomic mass is 10.2. The summed E-state index contributed by atoms with van der Waals surface area (Å²) in [5.41, 5.74) is 6.33. The first-order valence-corrected chi connectivity index (χ1v) is 6.41. The Morgan fingerprint density at radius 1 is 1.30 bits per heavy atom. The summed E-state index contributed by atoms with van der Waals surface area (Å²) >= 11 is 0. The third-order valence-electron chi connectivity index (χ3n) is 2.63. The van der Waals surface area contributed by atoms with Gasteiger partial charge in [0.15, 0.2) is 0 Å². The van der Waals surface area contributed by atoms with Gasteiger partial charge in [-0.2, -0.15) is 9.97 Å². The first kappa shape index (κ1) is 14.0. The Bertz CT molecular complexity index is 604. The van der Waals surface area contributed by atoms with Crippen LogP contribution in [-0.4, -0.2) is 16.5 Å². The van der Waals surface area contributed by atoms with Crippen LogP contribution in [0.1, 0.15) is 18.9 Å². The molecule has 0 aliphatic rings. The number of nitrogens with two attached hydrogens (primary N) is 1. The molecular weight excluding hydrogens is 259 g/mol. The first-order chi connectivity index (χ1) is 9.58. The second-order valence-corrected chi connectivity index (χ2v) is 4.39. The Morgan fingerprint density at radius 3 is 2.80 bits per heavy atom. The molecule has 5 nitrogen and oxygen atoms in total. The Kier molecular flexibility index (Phi) is 4.34. The van der Waals surface area contributed by atoms with E-state index in [1.807, 2.05) is 0 Å². The highest BCUT2D eigenvalue weighted by molar-refractivity contribution is 5.44. The second kappa shape index (κ2) is 6.18. The van der Waals surface area contributed by atoms with Gasteiger partial charge < -0.3 is 15.8 Å². The fraction of sp³-hybridized carbons (Fsp3) is 0.286. The molecule has 6 heteroatoms. The summed E-state index contributed by atoms with van der Waals surface area (Å²) in [4.78, 5) is 8.08. The fourth-order valence-corrected chi connectivity index (χ4v) is 1.68. The molecule has 0 radical (unpaired) electrons. The Morgan fingerprint density at radius 2 is 2.10 bits per heavy atom. The van der Waals surface area contributed by atoms with Crippen molar-refractivity contribution in [1.29, 1.82) is 0 Å². The van der Waals surface area contributed by atoms with Gasteiger partial charge in [0.2, 0.25) is 11.8 Å². The monoisotopic (exact) mass is 276 g/mol. The highest BCUT2D eigenvalue weighted by atomic mass is 19.1. The number of anilines is 2. The molecule has 0 saturated carbocycles. The van der Waals surface area contributed by atoms with Crippen LogP contribution in [0.2, 0.25) is 0 Å². The van der Waals surface area contributed by atoms with Gasteiger partial charge in [-0.1, -0.05) is 6.92 Å². The maximum absolute atomic E-state index is 13.0. The number of nitrogens with zero attached hydrogens (tertiary/aromatic N) is 2. The number of hydrogen-bond acceptors (Lipinski definition) is 5. The highest BCUT2D eigenvalue weighted by Crippen LogP contribution is 2.25. The zero-order valence-corrected chi connectivity index (χ0v) is 11.5. The van der Waals surface area contributed by atoms with E-state index in [0.717, 1.165) is 13.0 Å². The van der Waals surface area contributed by atoms with E-state index in [1.54, 1.807) is 19.1 Å². The molecule has 0 amide bonds. The third kappa shape index (κ3) is 3.57. The van der Waals surface area contributed by atoms with Crippen LogP contribution in [0.3, 0.4) is 0 Å². The molecule has 0 bridgehead atoms. The smallest absolute Gasteiger partial charge is 0.226 e. The molecule has 0 aliphatic carbocycles. The van der Waals surface area contributed by atoms with E-state index >= 15 is 0 Å². The molecule has 0 atom stereocenters. The standard InChI is InChI=1S/C14H17FN4O/c1-3-6-17-12-8-13(19-14(16)18-12)20-11-5-4-10(15)7-9(11)2/h4-5,7-8H,3,6H2,1-2H3,(H3,16,17,18,19).